The molecule has 7 heteroatoms. The highest BCUT2D eigenvalue weighted by Crippen LogP contribution is 2.36. The molecule has 0 saturated heterocycles. The predicted octanol–water partition coefficient (Wildman–Crippen LogP) is 3.74. The van der Waals surface area contributed by atoms with Crippen molar-refractivity contribution < 1.29 is 29.6 Å². The molecular weight excluding hydrogens is 432 g/mol. The van der Waals surface area contributed by atoms with E-state index in [0.717, 1.165) is 0 Å². The Morgan fingerprint density at radius 2 is 1.94 bits per heavy atom. The summed E-state index contributed by atoms with van der Waals surface area (Å²) in [7, 11) is 1.24. The fraction of sp³-hybridized carbons (Fsp3) is 0.520. The fourth-order valence-corrected chi connectivity index (χ4v) is 3.86. The van der Waals surface area contributed by atoms with Gasteiger partial charge in [0.05, 0.1) is 24.9 Å². The number of carbonyl (C=O) groups is 1. The van der Waals surface area contributed by atoms with E-state index in [-0.39, 0.29) is 24.7 Å². The number of hydrogen-bond donors (Lipinski definition) is 3. The van der Waals surface area contributed by atoms with E-state index < -0.39 is 28.8 Å². The van der Waals surface area contributed by atoms with E-state index in [1.54, 1.807) is 55.5 Å². The molecule has 6 atom stereocenters. The monoisotopic (exact) mass is 464 g/mol. The van der Waals surface area contributed by atoms with Crippen LogP contribution in [0, 0.1) is 11.8 Å². The molecule has 0 aliphatic heterocycles. The summed E-state index contributed by atoms with van der Waals surface area (Å²) in [6.45, 7) is 3.58. The van der Waals surface area contributed by atoms with Crippen molar-refractivity contribution >= 4 is 17.6 Å². The Balaban J connectivity index is 2.06. The quantitative estimate of drug-likeness (QED) is 0.211. The number of halogens is 1. The summed E-state index contributed by atoms with van der Waals surface area (Å²) < 4.78 is 10.4. The van der Waals surface area contributed by atoms with E-state index >= 15 is 0 Å². The molecule has 32 heavy (non-hydrogen) atoms. The number of ether oxygens (including phenoxy) is 2. The normalized spacial score (nSPS) is 26.6. The molecule has 0 heterocycles. The highest BCUT2D eigenvalue weighted by Gasteiger charge is 2.40. The smallest absolute Gasteiger partial charge is 0.366 e. The zero-order valence-electron chi connectivity index (χ0n) is 18.8. The van der Waals surface area contributed by atoms with Gasteiger partial charge >= 0.3 is 5.97 Å². The second-order valence-corrected chi connectivity index (χ2v) is 8.94. The first-order chi connectivity index (χ1) is 15.1. The van der Waals surface area contributed by atoms with Gasteiger partial charge < -0.3 is 24.8 Å². The van der Waals surface area contributed by atoms with Crippen LogP contribution in [0.25, 0.3) is 0 Å². The Kier molecular flexibility index (Phi) is 9.56. The van der Waals surface area contributed by atoms with Crippen molar-refractivity contribution in [3.05, 3.63) is 60.4 Å². The topological polar surface area (TPSA) is 96.2 Å². The Labute approximate surface area is 194 Å². The molecule has 6 nitrogen and oxygen atoms in total. The van der Waals surface area contributed by atoms with Crippen molar-refractivity contribution in [2.24, 2.45) is 11.8 Å². The van der Waals surface area contributed by atoms with Gasteiger partial charge in [-0.15, -0.1) is 5.73 Å². The molecule has 0 bridgehead atoms. The lowest BCUT2D eigenvalue weighted by molar-refractivity contribution is -0.151. The van der Waals surface area contributed by atoms with Gasteiger partial charge in [0.2, 0.25) is 0 Å². The lowest BCUT2D eigenvalue weighted by Crippen LogP contribution is -2.39. The van der Waals surface area contributed by atoms with Crippen molar-refractivity contribution in [3.63, 3.8) is 0 Å². The SMILES string of the molecule is CCC(C)([16OH])C=C[C@@H]1[C@@H](CC=C=CCC(Cl)(Oc2ccccc2)C(=O)OC)[C@@H]([16OH])C[C@H]1[16OH]. The van der Waals surface area contributed by atoms with Crippen molar-refractivity contribution in [1.29, 1.82) is 0 Å². The third-order valence-corrected chi connectivity index (χ3v) is 6.20. The van der Waals surface area contributed by atoms with Gasteiger partial charge in [0.1, 0.15) is 5.75 Å². The zero-order chi connectivity index (χ0) is 23.8. The number of aliphatic hydroxyl groups is 3. The third kappa shape index (κ3) is 7.22. The summed E-state index contributed by atoms with van der Waals surface area (Å²) in [6.07, 6.45) is 6.77. The molecule has 1 aromatic carbocycles. The fourth-order valence-electron chi connectivity index (χ4n) is 3.61. The summed E-state index contributed by atoms with van der Waals surface area (Å²) in [5.41, 5.74) is 2.03. The molecule has 1 aliphatic rings. The summed E-state index contributed by atoms with van der Waals surface area (Å²) in [6, 6.07) is 8.74. The molecule has 176 valence electrons. The lowest BCUT2D eigenvalue weighted by atomic mass is 9.88. The van der Waals surface area contributed by atoms with Crippen LogP contribution in [0.5, 0.6) is 5.75 Å². The standard InChI is InChI=1S/C25H33ClO6/c1-4-24(2,30)16-14-20-19(21(27)17-22(20)28)13-9-6-10-15-25(26,23(29)31-3)32-18-11-7-5-8-12-18/h5,7-12,14,16,19-22,27-28,30H,4,13,15,17H2,1-3H3/t6?,19-,20-,21+,22-,24?,25?/m1/s1/i27+0,28+0,30+0. The van der Waals surface area contributed by atoms with Crippen LogP contribution in [0.2, 0.25) is 0 Å². The second kappa shape index (κ2) is 11.7. The molecule has 0 amide bonds. The van der Waals surface area contributed by atoms with Crippen LogP contribution < -0.4 is 4.74 Å². The molecule has 1 fully saturated rings. The molecular formula is C25H33ClO6. The number of rotatable bonds is 10. The third-order valence-electron chi connectivity index (χ3n) is 5.81. The van der Waals surface area contributed by atoms with Crippen molar-refractivity contribution in [3.8, 4) is 5.75 Å². The van der Waals surface area contributed by atoms with Crippen LogP contribution in [0.15, 0.2) is 60.4 Å². The van der Waals surface area contributed by atoms with Gasteiger partial charge in [-0.3, -0.25) is 0 Å². The molecule has 0 aromatic heterocycles. The number of esters is 1. The van der Waals surface area contributed by atoms with E-state index in [0.29, 0.717) is 18.6 Å². The average Bonchev–Trinajstić information content (AvgIpc) is 3.04. The van der Waals surface area contributed by atoms with Gasteiger partial charge in [-0.05, 0) is 50.0 Å². The first kappa shape index (κ1) is 26.2. The summed E-state index contributed by atoms with van der Waals surface area (Å²) in [4.78, 5) is 12.2. The number of methoxy groups -OCH3 is 1. The average molecular weight is 465 g/mol. The van der Waals surface area contributed by atoms with E-state index in [1.807, 2.05) is 13.0 Å². The van der Waals surface area contributed by atoms with Crippen LogP contribution >= 0.6 is 11.6 Å². The van der Waals surface area contributed by atoms with Crippen LogP contribution in [0.3, 0.4) is 0 Å². The van der Waals surface area contributed by atoms with E-state index in [9.17, 15) is 20.1 Å². The Morgan fingerprint density at radius 3 is 2.56 bits per heavy atom. The maximum absolute atomic E-state index is 12.2. The van der Waals surface area contributed by atoms with Gasteiger partial charge in [-0.2, -0.15) is 0 Å². The number of benzene rings is 1. The predicted molar refractivity (Wildman–Crippen MR) is 123 cm³/mol. The van der Waals surface area contributed by atoms with Crippen LogP contribution in [-0.2, 0) is 9.53 Å². The maximum Gasteiger partial charge on any atom is 0.366 e. The van der Waals surface area contributed by atoms with Crippen LogP contribution in [0.1, 0.15) is 39.5 Å². The number of aliphatic hydroxyl groups excluding tert-OH is 2. The van der Waals surface area contributed by atoms with Crippen molar-refractivity contribution in [2.75, 3.05) is 7.11 Å². The molecule has 1 aromatic rings. The highest BCUT2D eigenvalue weighted by atomic mass is 35.5. The largest absolute Gasteiger partial charge is 0.465 e. The van der Waals surface area contributed by atoms with E-state index in [4.69, 9.17) is 21.1 Å². The Bertz CT molecular complexity index is 830. The summed E-state index contributed by atoms with van der Waals surface area (Å²) in [5.74, 6) is -0.768. The first-order valence-electron chi connectivity index (χ1n) is 10.8. The molecule has 1 saturated carbocycles. The minimum Gasteiger partial charge on any atom is -0.465 e. The van der Waals surface area contributed by atoms with E-state index in [1.165, 1.54) is 7.11 Å². The Morgan fingerprint density at radius 1 is 1.25 bits per heavy atom. The molecule has 0 radical (unpaired) electrons. The lowest BCUT2D eigenvalue weighted by Gasteiger charge is -2.24. The minimum absolute atomic E-state index is 0.0190. The van der Waals surface area contributed by atoms with Gasteiger partial charge in [0.25, 0.3) is 5.06 Å². The Hall–Kier alpha value is -2.08. The van der Waals surface area contributed by atoms with Gasteiger partial charge in [-0.25, -0.2) is 4.79 Å². The van der Waals surface area contributed by atoms with Gasteiger partial charge in [-0.1, -0.05) is 48.9 Å². The summed E-state index contributed by atoms with van der Waals surface area (Å²) >= 11 is 6.41. The molecule has 2 unspecified atom stereocenters. The van der Waals surface area contributed by atoms with Crippen LogP contribution in [-0.4, -0.2) is 51.3 Å². The molecule has 2 rings (SSSR count). The first-order valence-corrected chi connectivity index (χ1v) is 11.2. The number of hydrogen-bond acceptors (Lipinski definition) is 6. The van der Waals surface area contributed by atoms with Crippen molar-refractivity contribution in [1.82, 2.24) is 0 Å². The number of para-hydroxylation sites is 1. The van der Waals surface area contributed by atoms with Crippen molar-refractivity contribution in [2.45, 2.75) is 62.4 Å². The summed E-state index contributed by atoms with van der Waals surface area (Å²) in [5, 5.41) is 29.1. The molecule has 0 spiro atoms. The zero-order valence-corrected chi connectivity index (χ0v) is 19.5. The number of alkyl halides is 1. The number of carbonyl (C=O) groups excluding carboxylic acids is 1. The van der Waals surface area contributed by atoms with Gasteiger partial charge in [0, 0.05) is 18.8 Å². The highest BCUT2D eigenvalue weighted by molar-refractivity contribution is 6.33. The minimum atomic E-state index is -1.73. The van der Waals surface area contributed by atoms with E-state index in [2.05, 4.69) is 5.73 Å². The maximum atomic E-state index is 12.2. The second-order valence-electron chi connectivity index (χ2n) is 8.33. The molecule has 3 N–H and O–H groups in total. The molecule has 1 aliphatic carbocycles. The van der Waals surface area contributed by atoms with Gasteiger partial charge in [0.15, 0.2) is 0 Å². The van der Waals surface area contributed by atoms with Crippen LogP contribution in [0.4, 0.5) is 0 Å².